The van der Waals surface area contributed by atoms with Crippen LogP contribution in [0.3, 0.4) is 0 Å². The summed E-state index contributed by atoms with van der Waals surface area (Å²) in [5.41, 5.74) is 0.917. The largest absolute Gasteiger partial charge is 0.493 e. The second kappa shape index (κ2) is 10.2. The molecule has 12 heteroatoms. The number of nitro benzene ring substituents is 1. The number of aromatic nitrogens is 1. The highest BCUT2D eigenvalue weighted by molar-refractivity contribution is 7.07. The number of non-ortho nitro benzene ring substituents is 1. The lowest BCUT2D eigenvalue weighted by molar-refractivity contribution is -0.384. The predicted molar refractivity (Wildman–Crippen MR) is 133 cm³/mol. The van der Waals surface area contributed by atoms with Gasteiger partial charge >= 0.3 is 11.9 Å². The molecule has 190 valence electrons. The van der Waals surface area contributed by atoms with E-state index < -0.39 is 28.5 Å². The van der Waals surface area contributed by atoms with Crippen LogP contribution < -0.4 is 24.4 Å². The van der Waals surface area contributed by atoms with Crippen molar-refractivity contribution in [2.75, 3.05) is 14.2 Å². The summed E-state index contributed by atoms with van der Waals surface area (Å²) in [4.78, 5) is 53.4. The fraction of sp³-hybridized carbons (Fsp3) is 0.200. The molecule has 4 rings (SSSR count). The molecule has 0 radical (unpaired) electrons. The number of carbonyl (C=O) groups is 2. The molecule has 1 aliphatic rings. The maximum absolute atomic E-state index is 13.6. The van der Waals surface area contributed by atoms with Gasteiger partial charge in [-0.2, -0.15) is 0 Å². The van der Waals surface area contributed by atoms with E-state index in [4.69, 9.17) is 14.2 Å². The Kier molecular flexibility index (Phi) is 7.02. The van der Waals surface area contributed by atoms with Gasteiger partial charge in [-0.25, -0.2) is 9.79 Å². The second-order valence-corrected chi connectivity index (χ2v) is 8.94. The van der Waals surface area contributed by atoms with E-state index in [1.165, 1.54) is 56.1 Å². The minimum Gasteiger partial charge on any atom is -0.493 e. The molecule has 11 nitrogen and oxygen atoms in total. The topological polar surface area (TPSA) is 139 Å². The van der Waals surface area contributed by atoms with Crippen molar-refractivity contribution in [2.24, 2.45) is 4.99 Å². The zero-order valence-electron chi connectivity index (χ0n) is 20.2. The van der Waals surface area contributed by atoms with Gasteiger partial charge < -0.3 is 14.2 Å². The van der Waals surface area contributed by atoms with E-state index in [0.717, 1.165) is 11.3 Å². The van der Waals surface area contributed by atoms with Crippen molar-refractivity contribution in [1.82, 2.24) is 4.57 Å². The molecule has 0 saturated heterocycles. The van der Waals surface area contributed by atoms with Crippen LogP contribution in [0.25, 0.3) is 6.08 Å². The van der Waals surface area contributed by atoms with Crippen molar-refractivity contribution in [2.45, 2.75) is 19.9 Å². The van der Waals surface area contributed by atoms with E-state index in [1.807, 2.05) is 0 Å². The SMILES string of the molecule is COC(=O)C1=C(C)N=c2s/c(=C/c3cccc([N+](=O)[O-])c3)c(=O)n2[C@H]1c1ccc(OC(C)=O)c(OC)c1. The number of rotatable bonds is 6. The molecule has 0 fully saturated rings. The molecule has 0 saturated carbocycles. The number of esters is 2. The van der Waals surface area contributed by atoms with Crippen LogP contribution in [0.2, 0.25) is 0 Å². The lowest BCUT2D eigenvalue weighted by atomic mass is 9.95. The van der Waals surface area contributed by atoms with Crippen molar-refractivity contribution in [3.8, 4) is 11.5 Å². The molecular weight excluding hydrogens is 502 g/mol. The minimum atomic E-state index is -0.920. The summed E-state index contributed by atoms with van der Waals surface area (Å²) < 4.78 is 17.2. The van der Waals surface area contributed by atoms with Crippen LogP contribution in [-0.4, -0.2) is 35.6 Å². The third kappa shape index (κ3) is 4.91. The van der Waals surface area contributed by atoms with Gasteiger partial charge in [-0.05, 0) is 36.3 Å². The summed E-state index contributed by atoms with van der Waals surface area (Å²) >= 11 is 1.09. The number of hydrogen-bond acceptors (Lipinski definition) is 10. The van der Waals surface area contributed by atoms with Crippen LogP contribution in [-0.2, 0) is 14.3 Å². The Bertz CT molecular complexity index is 1650. The van der Waals surface area contributed by atoms with Crippen LogP contribution in [0, 0.1) is 10.1 Å². The summed E-state index contributed by atoms with van der Waals surface area (Å²) in [6, 6.07) is 9.67. The Labute approximate surface area is 213 Å². The van der Waals surface area contributed by atoms with Gasteiger partial charge in [-0.15, -0.1) is 0 Å². The normalized spacial score (nSPS) is 15.0. The molecule has 0 aliphatic carbocycles. The highest BCUT2D eigenvalue weighted by Gasteiger charge is 2.33. The van der Waals surface area contributed by atoms with Gasteiger partial charge in [0.2, 0.25) is 0 Å². The summed E-state index contributed by atoms with van der Waals surface area (Å²) in [5.74, 6) is -0.796. The molecule has 0 N–H and O–H groups in total. The van der Waals surface area contributed by atoms with Gasteiger partial charge in [0.05, 0.1) is 41.0 Å². The van der Waals surface area contributed by atoms with E-state index in [9.17, 15) is 24.5 Å². The van der Waals surface area contributed by atoms with Crippen LogP contribution in [0.5, 0.6) is 11.5 Å². The predicted octanol–water partition coefficient (Wildman–Crippen LogP) is 2.25. The van der Waals surface area contributed by atoms with Gasteiger partial charge in [0.25, 0.3) is 11.2 Å². The monoisotopic (exact) mass is 523 g/mol. The van der Waals surface area contributed by atoms with Crippen LogP contribution in [0.4, 0.5) is 5.69 Å². The van der Waals surface area contributed by atoms with Crippen LogP contribution in [0.1, 0.15) is 31.0 Å². The highest BCUT2D eigenvalue weighted by atomic mass is 32.1. The van der Waals surface area contributed by atoms with Crippen molar-refractivity contribution < 1.29 is 28.7 Å². The third-order valence-electron chi connectivity index (χ3n) is 5.56. The number of methoxy groups -OCH3 is 2. The quantitative estimate of drug-likeness (QED) is 0.207. The van der Waals surface area contributed by atoms with Gasteiger partial charge in [0.1, 0.15) is 0 Å². The zero-order chi connectivity index (χ0) is 26.9. The maximum Gasteiger partial charge on any atom is 0.338 e. The summed E-state index contributed by atoms with van der Waals surface area (Å²) in [6.45, 7) is 2.90. The van der Waals surface area contributed by atoms with E-state index in [-0.39, 0.29) is 27.3 Å². The Hall–Kier alpha value is -4.58. The number of ether oxygens (including phenoxy) is 3. The van der Waals surface area contributed by atoms with Crippen molar-refractivity contribution in [1.29, 1.82) is 0 Å². The average Bonchev–Trinajstić information content (AvgIpc) is 3.17. The molecule has 0 amide bonds. The van der Waals surface area contributed by atoms with Gasteiger partial charge in [-0.1, -0.05) is 29.5 Å². The fourth-order valence-corrected chi connectivity index (χ4v) is 5.03. The van der Waals surface area contributed by atoms with Gasteiger partial charge in [-0.3, -0.25) is 24.3 Å². The molecule has 2 heterocycles. The Morgan fingerprint density at radius 2 is 1.92 bits per heavy atom. The molecular formula is C25H21N3O8S. The summed E-state index contributed by atoms with van der Waals surface area (Å²) in [5, 5.41) is 11.2. The maximum atomic E-state index is 13.6. The zero-order valence-corrected chi connectivity index (χ0v) is 21.0. The van der Waals surface area contributed by atoms with Gasteiger partial charge in [0.15, 0.2) is 16.3 Å². The molecule has 1 atom stereocenters. The molecule has 3 aromatic rings. The molecule has 1 aliphatic heterocycles. The first-order valence-corrected chi connectivity index (χ1v) is 11.7. The van der Waals surface area contributed by atoms with Crippen LogP contribution in [0.15, 0.2) is 63.5 Å². The molecule has 0 bridgehead atoms. The average molecular weight is 524 g/mol. The molecule has 0 spiro atoms. The smallest absolute Gasteiger partial charge is 0.338 e. The molecule has 1 aromatic heterocycles. The number of benzene rings is 2. The first-order valence-electron chi connectivity index (χ1n) is 10.9. The van der Waals surface area contributed by atoms with E-state index in [2.05, 4.69) is 4.99 Å². The summed E-state index contributed by atoms with van der Waals surface area (Å²) in [6.07, 6.45) is 1.54. The number of nitrogens with zero attached hydrogens (tertiary/aromatic N) is 3. The Morgan fingerprint density at radius 3 is 2.57 bits per heavy atom. The second-order valence-electron chi connectivity index (χ2n) is 7.93. The number of thiazole rings is 1. The molecule has 0 unspecified atom stereocenters. The van der Waals surface area contributed by atoms with Crippen molar-refractivity contribution in [3.63, 3.8) is 0 Å². The van der Waals surface area contributed by atoms with Gasteiger partial charge in [0, 0.05) is 19.1 Å². The number of nitro groups is 1. The lowest BCUT2D eigenvalue weighted by Gasteiger charge is -2.25. The number of allylic oxidation sites excluding steroid dienone is 1. The molecule has 2 aromatic carbocycles. The first kappa shape index (κ1) is 25.5. The Morgan fingerprint density at radius 1 is 1.16 bits per heavy atom. The number of fused-ring (bicyclic) bond motifs is 1. The van der Waals surface area contributed by atoms with Crippen LogP contribution >= 0.6 is 11.3 Å². The third-order valence-corrected chi connectivity index (χ3v) is 6.55. The highest BCUT2D eigenvalue weighted by Crippen LogP contribution is 2.36. The number of hydrogen-bond donors (Lipinski definition) is 0. The lowest BCUT2D eigenvalue weighted by Crippen LogP contribution is -2.39. The van der Waals surface area contributed by atoms with E-state index in [0.29, 0.717) is 21.6 Å². The van der Waals surface area contributed by atoms with Crippen molar-refractivity contribution in [3.05, 3.63) is 94.7 Å². The fourth-order valence-electron chi connectivity index (χ4n) is 3.98. The standard InChI is InChI=1S/C25H21N3O8S/c1-13-21(24(31)35-4)22(16-8-9-18(36-14(2)29)19(12-16)34-3)27-23(30)20(37-25(27)26-13)11-15-6-5-7-17(10-15)28(32)33/h5-12,22H,1-4H3/b20-11+/t22-/m0/s1. The first-order chi connectivity index (χ1) is 17.6. The van der Waals surface area contributed by atoms with E-state index in [1.54, 1.807) is 25.1 Å². The minimum absolute atomic E-state index is 0.108. The number of carbonyl (C=O) groups excluding carboxylic acids is 2. The Balaban J connectivity index is 1.95. The van der Waals surface area contributed by atoms with Crippen molar-refractivity contribution >= 4 is 35.0 Å². The summed E-state index contributed by atoms with van der Waals surface area (Å²) in [7, 11) is 2.64. The van der Waals surface area contributed by atoms with E-state index >= 15 is 0 Å². The molecule has 37 heavy (non-hydrogen) atoms.